The van der Waals surface area contributed by atoms with E-state index in [4.69, 9.17) is 0 Å². The molecule has 0 saturated carbocycles. The maximum atomic E-state index is 12.6. The average molecular weight is 404 g/mol. The molecule has 3 rings (SSSR count). The molecule has 1 aromatic carbocycles. The van der Waals surface area contributed by atoms with Gasteiger partial charge < -0.3 is 14.5 Å². The molecular formula is C17H12BrN2O3S-. The first-order valence-electron chi connectivity index (χ1n) is 7.17. The van der Waals surface area contributed by atoms with Crippen LogP contribution >= 0.6 is 27.3 Å². The topological polar surface area (TPSA) is 75.0 Å². The fourth-order valence-corrected chi connectivity index (χ4v) is 3.73. The highest BCUT2D eigenvalue weighted by Gasteiger charge is 2.09. The number of carboxylic acids is 1. The number of thiophene rings is 1. The summed E-state index contributed by atoms with van der Waals surface area (Å²) in [5.74, 6) is -1.27. The first kappa shape index (κ1) is 16.6. The summed E-state index contributed by atoms with van der Waals surface area (Å²) in [7, 11) is 0. The van der Waals surface area contributed by atoms with Crippen molar-refractivity contribution in [3.05, 3.63) is 60.6 Å². The number of carbonyl (C=O) groups is 1. The minimum Gasteiger partial charge on any atom is -0.545 e. The number of benzene rings is 1. The van der Waals surface area contributed by atoms with Gasteiger partial charge in [0.1, 0.15) is 5.69 Å². The van der Waals surface area contributed by atoms with Crippen LogP contribution in [0.1, 0.15) is 27.9 Å². The Hall–Kier alpha value is -2.25. The lowest BCUT2D eigenvalue weighted by Gasteiger charge is -2.10. The van der Waals surface area contributed by atoms with Gasteiger partial charge in [-0.1, -0.05) is 6.07 Å². The molecule has 0 bridgehead atoms. The SMILES string of the molecule is CCn1c(=O)c(/C=C/c2cc(Br)cs2)nc2cc(C(=O)[O-])ccc21. The van der Waals surface area contributed by atoms with Crippen LogP contribution in [0, 0.1) is 0 Å². The Morgan fingerprint density at radius 1 is 1.38 bits per heavy atom. The number of fused-ring (bicyclic) bond motifs is 1. The summed E-state index contributed by atoms with van der Waals surface area (Å²) in [5.41, 5.74) is 1.14. The molecule has 0 fully saturated rings. The molecule has 3 aromatic rings. The molecule has 0 aliphatic heterocycles. The predicted molar refractivity (Wildman–Crippen MR) is 97.0 cm³/mol. The number of aromatic nitrogens is 2. The Morgan fingerprint density at radius 2 is 2.17 bits per heavy atom. The van der Waals surface area contributed by atoms with Crippen LogP contribution in [-0.2, 0) is 6.54 Å². The predicted octanol–water partition coefficient (Wildman–Crippen LogP) is 2.77. The van der Waals surface area contributed by atoms with E-state index in [2.05, 4.69) is 20.9 Å². The summed E-state index contributed by atoms with van der Waals surface area (Å²) in [6, 6.07) is 6.37. The average Bonchev–Trinajstić information content (AvgIpc) is 2.98. The minimum absolute atomic E-state index is 0.0356. The lowest BCUT2D eigenvalue weighted by Crippen LogP contribution is -2.25. The molecular weight excluding hydrogens is 392 g/mol. The summed E-state index contributed by atoms with van der Waals surface area (Å²) in [5, 5.41) is 13.0. The molecule has 7 heteroatoms. The van der Waals surface area contributed by atoms with Crippen molar-refractivity contribution in [3.63, 3.8) is 0 Å². The molecule has 0 N–H and O–H groups in total. The number of nitrogens with zero attached hydrogens (tertiary/aromatic N) is 2. The summed E-state index contributed by atoms with van der Waals surface area (Å²) in [6.45, 7) is 2.32. The highest BCUT2D eigenvalue weighted by atomic mass is 79.9. The van der Waals surface area contributed by atoms with Crippen molar-refractivity contribution in [3.8, 4) is 0 Å². The number of aryl methyl sites for hydroxylation is 1. The molecule has 2 aromatic heterocycles. The standard InChI is InChI=1S/C17H13BrN2O3S/c1-2-20-15-6-3-10(17(22)23)7-14(15)19-13(16(20)21)5-4-12-8-11(18)9-24-12/h3-9H,2H2,1H3,(H,22,23)/p-1/b5-4+. The van der Waals surface area contributed by atoms with E-state index >= 15 is 0 Å². The Kier molecular flexibility index (Phi) is 4.64. The fraction of sp³-hybridized carbons (Fsp3) is 0.118. The molecule has 24 heavy (non-hydrogen) atoms. The smallest absolute Gasteiger partial charge is 0.276 e. The van der Waals surface area contributed by atoms with E-state index in [1.807, 2.05) is 24.4 Å². The number of hydrogen-bond acceptors (Lipinski definition) is 5. The van der Waals surface area contributed by atoms with Crippen LogP contribution in [0.2, 0.25) is 0 Å². The molecule has 122 valence electrons. The van der Waals surface area contributed by atoms with Gasteiger partial charge in [0.05, 0.1) is 17.0 Å². The van der Waals surface area contributed by atoms with Gasteiger partial charge in [-0.25, -0.2) is 4.98 Å². The quantitative estimate of drug-likeness (QED) is 0.670. The number of halogens is 1. The minimum atomic E-state index is -1.27. The lowest BCUT2D eigenvalue weighted by molar-refractivity contribution is -0.255. The Morgan fingerprint density at radius 3 is 2.79 bits per heavy atom. The van der Waals surface area contributed by atoms with Gasteiger partial charge in [-0.3, -0.25) is 4.79 Å². The third-order valence-electron chi connectivity index (χ3n) is 3.52. The van der Waals surface area contributed by atoms with Gasteiger partial charge in [0.15, 0.2) is 0 Å². The van der Waals surface area contributed by atoms with Crippen molar-refractivity contribution in [2.24, 2.45) is 0 Å². The van der Waals surface area contributed by atoms with E-state index in [1.165, 1.54) is 23.5 Å². The van der Waals surface area contributed by atoms with E-state index < -0.39 is 5.97 Å². The van der Waals surface area contributed by atoms with Gasteiger partial charge in [0.2, 0.25) is 0 Å². The first-order chi connectivity index (χ1) is 11.5. The maximum absolute atomic E-state index is 12.6. The number of carbonyl (C=O) groups excluding carboxylic acids is 1. The van der Waals surface area contributed by atoms with Crippen molar-refractivity contribution >= 4 is 56.4 Å². The van der Waals surface area contributed by atoms with Gasteiger partial charge >= 0.3 is 0 Å². The first-order valence-corrected chi connectivity index (χ1v) is 8.85. The number of rotatable bonds is 4. The van der Waals surface area contributed by atoms with E-state index in [9.17, 15) is 14.7 Å². The van der Waals surface area contributed by atoms with Gasteiger partial charge in [-0.05, 0) is 58.8 Å². The van der Waals surface area contributed by atoms with Crippen LogP contribution in [-0.4, -0.2) is 15.5 Å². The van der Waals surface area contributed by atoms with E-state index in [0.29, 0.717) is 17.6 Å². The molecule has 5 nitrogen and oxygen atoms in total. The number of carboxylic acid groups (broad SMARTS) is 1. The Labute approximate surface area is 150 Å². The third-order valence-corrected chi connectivity index (χ3v) is 5.18. The van der Waals surface area contributed by atoms with Crippen LogP contribution in [0.5, 0.6) is 0 Å². The summed E-state index contributed by atoms with van der Waals surface area (Å²) < 4.78 is 2.55. The zero-order chi connectivity index (χ0) is 17.3. The van der Waals surface area contributed by atoms with Crippen LogP contribution in [0.15, 0.2) is 38.9 Å². The maximum Gasteiger partial charge on any atom is 0.276 e. The monoisotopic (exact) mass is 403 g/mol. The van der Waals surface area contributed by atoms with Gasteiger partial charge in [0, 0.05) is 21.3 Å². The van der Waals surface area contributed by atoms with Crippen LogP contribution in [0.3, 0.4) is 0 Å². The van der Waals surface area contributed by atoms with Crippen molar-refractivity contribution in [1.82, 2.24) is 9.55 Å². The zero-order valence-electron chi connectivity index (χ0n) is 12.7. The van der Waals surface area contributed by atoms with E-state index in [0.717, 1.165) is 9.35 Å². The Balaban J connectivity index is 2.16. The van der Waals surface area contributed by atoms with Crippen molar-refractivity contribution in [2.45, 2.75) is 13.5 Å². The molecule has 0 radical (unpaired) electrons. The zero-order valence-corrected chi connectivity index (χ0v) is 15.1. The highest BCUT2D eigenvalue weighted by molar-refractivity contribution is 9.10. The number of aromatic carboxylic acids is 1. The second-order valence-corrected chi connectivity index (χ2v) is 6.90. The van der Waals surface area contributed by atoms with Crippen molar-refractivity contribution in [2.75, 3.05) is 0 Å². The van der Waals surface area contributed by atoms with Crippen LogP contribution in [0.25, 0.3) is 23.2 Å². The number of hydrogen-bond donors (Lipinski definition) is 0. The highest BCUT2D eigenvalue weighted by Crippen LogP contribution is 2.21. The van der Waals surface area contributed by atoms with Gasteiger partial charge in [-0.15, -0.1) is 11.3 Å². The van der Waals surface area contributed by atoms with Crippen LogP contribution in [0.4, 0.5) is 0 Å². The molecule has 0 unspecified atom stereocenters. The summed E-state index contributed by atoms with van der Waals surface area (Å²) in [6.07, 6.45) is 3.46. The molecule has 0 amide bonds. The Bertz CT molecular complexity index is 1020. The molecule has 0 spiro atoms. The second kappa shape index (κ2) is 6.70. The fourth-order valence-electron chi connectivity index (χ4n) is 2.39. The molecule has 0 aliphatic carbocycles. The van der Waals surface area contributed by atoms with Crippen molar-refractivity contribution < 1.29 is 9.90 Å². The van der Waals surface area contributed by atoms with Crippen molar-refractivity contribution in [1.29, 1.82) is 0 Å². The molecule has 0 saturated heterocycles. The van der Waals surface area contributed by atoms with Gasteiger partial charge in [-0.2, -0.15) is 0 Å². The van der Waals surface area contributed by atoms with Gasteiger partial charge in [0.25, 0.3) is 5.56 Å². The third kappa shape index (κ3) is 3.18. The van der Waals surface area contributed by atoms with Crippen LogP contribution < -0.4 is 10.7 Å². The molecule has 0 atom stereocenters. The summed E-state index contributed by atoms with van der Waals surface area (Å²) >= 11 is 4.92. The second-order valence-electron chi connectivity index (χ2n) is 5.04. The largest absolute Gasteiger partial charge is 0.545 e. The van der Waals surface area contributed by atoms with E-state index in [1.54, 1.807) is 16.7 Å². The normalized spacial score (nSPS) is 11.4. The van der Waals surface area contributed by atoms with E-state index in [-0.39, 0.29) is 16.8 Å². The summed E-state index contributed by atoms with van der Waals surface area (Å²) in [4.78, 5) is 28.9. The lowest BCUT2D eigenvalue weighted by atomic mass is 10.2. The molecule has 0 aliphatic rings. The molecule has 2 heterocycles.